The molecule has 0 bridgehead atoms. The third-order valence-corrected chi connectivity index (χ3v) is 4.98. The molecule has 3 heteroatoms. The minimum absolute atomic E-state index is 0.0551. The maximum Gasteiger partial charge on any atom is 0.137 e. The van der Waals surface area contributed by atoms with E-state index in [2.05, 4.69) is 29.2 Å². The van der Waals surface area contributed by atoms with Crippen molar-refractivity contribution < 1.29 is 5.11 Å². The van der Waals surface area contributed by atoms with Gasteiger partial charge >= 0.3 is 0 Å². The Labute approximate surface area is 136 Å². The number of hydrogen-bond donors (Lipinski definition) is 1. The van der Waals surface area contributed by atoms with Crippen molar-refractivity contribution in [2.45, 2.75) is 44.6 Å². The van der Waals surface area contributed by atoms with E-state index in [1.165, 1.54) is 37.7 Å². The molecule has 1 N–H and O–H groups in total. The highest BCUT2D eigenvalue weighted by Crippen LogP contribution is 2.33. The molecule has 0 amide bonds. The number of pyridine rings is 1. The molecule has 0 radical (unpaired) electrons. The number of aliphatic hydroxyl groups excluding tert-OH is 1. The quantitative estimate of drug-likeness (QED) is 0.771. The van der Waals surface area contributed by atoms with Crippen LogP contribution in [0.3, 0.4) is 0 Å². The monoisotopic (exact) mass is 306 g/mol. The van der Waals surface area contributed by atoms with Gasteiger partial charge in [-0.05, 0) is 36.0 Å². The van der Waals surface area contributed by atoms with Crippen molar-refractivity contribution in [1.29, 1.82) is 0 Å². The van der Waals surface area contributed by atoms with Gasteiger partial charge in [0.15, 0.2) is 0 Å². The van der Waals surface area contributed by atoms with Crippen molar-refractivity contribution in [3.05, 3.63) is 59.9 Å². The fourth-order valence-corrected chi connectivity index (χ4v) is 3.63. The molecule has 2 aromatic heterocycles. The predicted octanol–water partition coefficient (Wildman–Crippen LogP) is 4.54. The van der Waals surface area contributed by atoms with Crippen LogP contribution in [0, 0.1) is 0 Å². The summed E-state index contributed by atoms with van der Waals surface area (Å²) < 4.78 is 1.98. The van der Waals surface area contributed by atoms with Gasteiger partial charge in [0.05, 0.1) is 12.3 Å². The van der Waals surface area contributed by atoms with E-state index in [1.54, 1.807) is 0 Å². The summed E-state index contributed by atoms with van der Waals surface area (Å²) in [5.74, 6) is 0.742. The van der Waals surface area contributed by atoms with Gasteiger partial charge in [-0.15, -0.1) is 0 Å². The largest absolute Gasteiger partial charge is 0.392 e. The molecular formula is C20H22N2O. The number of rotatable bonds is 3. The number of aromatic nitrogens is 2. The van der Waals surface area contributed by atoms with Crippen molar-refractivity contribution in [2.24, 2.45) is 0 Å². The summed E-state index contributed by atoms with van der Waals surface area (Å²) in [6, 6.07) is 12.8. The Balaban J connectivity index is 1.62. The van der Waals surface area contributed by atoms with Crippen LogP contribution in [-0.4, -0.2) is 14.5 Å². The third kappa shape index (κ3) is 2.89. The summed E-state index contributed by atoms with van der Waals surface area (Å²) in [5, 5.41) is 9.24. The zero-order chi connectivity index (χ0) is 15.6. The van der Waals surface area contributed by atoms with Crippen molar-refractivity contribution in [3.63, 3.8) is 0 Å². The molecule has 0 atom stereocenters. The van der Waals surface area contributed by atoms with Gasteiger partial charge in [-0.2, -0.15) is 0 Å². The first-order valence-electron chi connectivity index (χ1n) is 8.52. The molecule has 3 aromatic rings. The van der Waals surface area contributed by atoms with Gasteiger partial charge in [0.1, 0.15) is 5.65 Å². The van der Waals surface area contributed by atoms with Crippen LogP contribution in [-0.2, 0) is 6.61 Å². The van der Waals surface area contributed by atoms with Crippen LogP contribution in [0.4, 0.5) is 0 Å². The number of fused-ring (bicyclic) bond motifs is 1. The normalized spacial score (nSPS) is 16.0. The summed E-state index contributed by atoms with van der Waals surface area (Å²) in [5.41, 5.74) is 5.41. The predicted molar refractivity (Wildman–Crippen MR) is 92.4 cm³/mol. The molecule has 1 aliphatic rings. The van der Waals surface area contributed by atoms with Crippen LogP contribution < -0.4 is 0 Å². The average molecular weight is 306 g/mol. The summed E-state index contributed by atoms with van der Waals surface area (Å²) >= 11 is 0. The lowest BCUT2D eigenvalue weighted by molar-refractivity contribution is 0.281. The Bertz CT molecular complexity index is 798. The molecule has 3 nitrogen and oxygen atoms in total. The SMILES string of the molecule is OCc1ccc2nc(-c3ccc(C4CCCCC4)cc3)cn2c1. The smallest absolute Gasteiger partial charge is 0.137 e. The second kappa shape index (κ2) is 6.17. The van der Waals surface area contributed by atoms with E-state index in [1.807, 2.05) is 28.9 Å². The van der Waals surface area contributed by atoms with Gasteiger partial charge in [-0.1, -0.05) is 49.6 Å². The fourth-order valence-electron chi connectivity index (χ4n) is 3.63. The molecule has 1 aliphatic carbocycles. The van der Waals surface area contributed by atoms with Gasteiger partial charge in [0.25, 0.3) is 0 Å². The van der Waals surface area contributed by atoms with E-state index in [9.17, 15) is 5.11 Å². The fraction of sp³-hybridized carbons (Fsp3) is 0.350. The molecule has 0 aliphatic heterocycles. The Morgan fingerprint density at radius 1 is 0.957 bits per heavy atom. The number of nitrogens with zero attached hydrogens (tertiary/aromatic N) is 2. The minimum Gasteiger partial charge on any atom is -0.392 e. The van der Waals surface area contributed by atoms with Gasteiger partial charge in [-0.25, -0.2) is 4.98 Å². The number of aliphatic hydroxyl groups is 1. The van der Waals surface area contributed by atoms with Gasteiger partial charge < -0.3 is 9.51 Å². The minimum atomic E-state index is 0.0551. The Hall–Kier alpha value is -2.13. The highest BCUT2D eigenvalue weighted by atomic mass is 16.3. The van der Waals surface area contributed by atoms with Crippen molar-refractivity contribution in [3.8, 4) is 11.3 Å². The molecule has 0 saturated heterocycles. The molecule has 0 spiro atoms. The van der Waals surface area contributed by atoms with E-state index in [-0.39, 0.29) is 6.61 Å². The van der Waals surface area contributed by atoms with Crippen LogP contribution in [0.5, 0.6) is 0 Å². The Kier molecular flexibility index (Phi) is 3.88. The second-order valence-corrected chi connectivity index (χ2v) is 6.54. The van der Waals surface area contributed by atoms with E-state index in [4.69, 9.17) is 0 Å². The first kappa shape index (κ1) is 14.5. The Morgan fingerprint density at radius 3 is 2.48 bits per heavy atom. The number of hydrogen-bond acceptors (Lipinski definition) is 2. The summed E-state index contributed by atoms with van der Waals surface area (Å²) in [6.07, 6.45) is 10.8. The average Bonchev–Trinajstić information content (AvgIpc) is 3.05. The van der Waals surface area contributed by atoms with E-state index in [0.717, 1.165) is 28.4 Å². The second-order valence-electron chi connectivity index (χ2n) is 6.54. The standard InChI is InChI=1S/C20H22N2O/c23-14-15-6-11-20-21-19(13-22(20)12-15)18-9-7-17(8-10-18)16-4-2-1-3-5-16/h6-13,16,23H,1-5,14H2. The van der Waals surface area contributed by atoms with Crippen LogP contribution in [0.15, 0.2) is 48.8 Å². The molecular weight excluding hydrogens is 284 g/mol. The van der Waals surface area contributed by atoms with E-state index >= 15 is 0 Å². The molecule has 2 heterocycles. The van der Waals surface area contributed by atoms with Gasteiger partial charge in [-0.3, -0.25) is 0 Å². The molecule has 118 valence electrons. The molecule has 23 heavy (non-hydrogen) atoms. The van der Waals surface area contributed by atoms with Crippen molar-refractivity contribution in [2.75, 3.05) is 0 Å². The first-order chi connectivity index (χ1) is 11.3. The van der Waals surface area contributed by atoms with Crippen LogP contribution >= 0.6 is 0 Å². The first-order valence-corrected chi connectivity index (χ1v) is 8.52. The lowest BCUT2D eigenvalue weighted by atomic mass is 9.84. The summed E-state index contributed by atoms with van der Waals surface area (Å²) in [4.78, 5) is 4.68. The van der Waals surface area contributed by atoms with Crippen LogP contribution in [0.2, 0.25) is 0 Å². The van der Waals surface area contributed by atoms with Crippen LogP contribution in [0.1, 0.15) is 49.1 Å². The molecule has 0 unspecified atom stereocenters. The van der Waals surface area contributed by atoms with Gasteiger partial charge in [0, 0.05) is 18.0 Å². The molecule has 1 saturated carbocycles. The molecule has 4 rings (SSSR count). The van der Waals surface area contributed by atoms with Crippen molar-refractivity contribution in [1.82, 2.24) is 9.38 Å². The van der Waals surface area contributed by atoms with E-state index < -0.39 is 0 Å². The highest BCUT2D eigenvalue weighted by molar-refractivity contribution is 5.63. The molecule has 1 aromatic carbocycles. The lowest BCUT2D eigenvalue weighted by Crippen LogP contribution is -2.04. The zero-order valence-corrected chi connectivity index (χ0v) is 13.3. The lowest BCUT2D eigenvalue weighted by Gasteiger charge is -2.21. The van der Waals surface area contributed by atoms with Crippen molar-refractivity contribution >= 4 is 5.65 Å². The Morgan fingerprint density at radius 2 is 1.74 bits per heavy atom. The topological polar surface area (TPSA) is 37.5 Å². The number of imidazole rings is 1. The number of benzene rings is 1. The van der Waals surface area contributed by atoms with Gasteiger partial charge in [0.2, 0.25) is 0 Å². The summed E-state index contributed by atoms with van der Waals surface area (Å²) in [7, 11) is 0. The van der Waals surface area contributed by atoms with Crippen LogP contribution in [0.25, 0.3) is 16.9 Å². The highest BCUT2D eigenvalue weighted by Gasteiger charge is 2.15. The zero-order valence-electron chi connectivity index (χ0n) is 13.3. The maximum atomic E-state index is 9.24. The van der Waals surface area contributed by atoms with E-state index in [0.29, 0.717) is 0 Å². The third-order valence-electron chi connectivity index (χ3n) is 4.98. The maximum absolute atomic E-state index is 9.24. The summed E-state index contributed by atoms with van der Waals surface area (Å²) in [6.45, 7) is 0.0551. The molecule has 1 fully saturated rings.